The summed E-state index contributed by atoms with van der Waals surface area (Å²) in [6.07, 6.45) is 0.454. The highest BCUT2D eigenvalue weighted by Crippen LogP contribution is 2.36. The normalized spacial score (nSPS) is 22.1. The average molecular weight is 392 g/mol. The smallest absolute Gasteiger partial charge is 0.254 e. The van der Waals surface area contributed by atoms with Gasteiger partial charge in [-0.15, -0.1) is 10.2 Å². The molecule has 0 saturated carbocycles. The van der Waals surface area contributed by atoms with E-state index in [-0.39, 0.29) is 11.9 Å². The zero-order chi connectivity index (χ0) is 20.4. The molecule has 8 heteroatoms. The minimum absolute atomic E-state index is 0.104. The third-order valence-corrected chi connectivity index (χ3v) is 5.64. The lowest BCUT2D eigenvalue weighted by Gasteiger charge is -2.47. The van der Waals surface area contributed by atoms with Crippen molar-refractivity contribution < 1.29 is 9.90 Å². The van der Waals surface area contributed by atoms with E-state index >= 15 is 0 Å². The van der Waals surface area contributed by atoms with E-state index in [1.165, 1.54) is 0 Å². The maximum atomic E-state index is 13.4. The fraction of sp³-hybridized carbons (Fsp3) is 0.333. The Hall–Kier alpha value is -3.10. The van der Waals surface area contributed by atoms with E-state index in [2.05, 4.69) is 20.6 Å². The summed E-state index contributed by atoms with van der Waals surface area (Å²) in [5, 5.41) is 25.6. The number of likely N-dealkylation sites (tertiary alicyclic amines) is 1. The zero-order valence-electron chi connectivity index (χ0n) is 16.5. The van der Waals surface area contributed by atoms with Crippen molar-refractivity contribution in [2.75, 3.05) is 27.2 Å². The van der Waals surface area contributed by atoms with Crippen LogP contribution in [0.1, 0.15) is 22.3 Å². The molecule has 0 radical (unpaired) electrons. The van der Waals surface area contributed by atoms with Crippen molar-refractivity contribution in [1.82, 2.24) is 30.4 Å². The third-order valence-electron chi connectivity index (χ3n) is 5.64. The van der Waals surface area contributed by atoms with Gasteiger partial charge < -0.3 is 14.9 Å². The maximum Gasteiger partial charge on any atom is 0.254 e. The number of nitrogens with zero attached hydrogens (tertiary/aromatic N) is 5. The van der Waals surface area contributed by atoms with E-state index in [0.29, 0.717) is 36.5 Å². The van der Waals surface area contributed by atoms with E-state index in [1.807, 2.05) is 67.5 Å². The summed E-state index contributed by atoms with van der Waals surface area (Å²) in [6.45, 7) is 0.868. The molecule has 0 spiro atoms. The molecule has 1 aromatic heterocycles. The molecule has 1 amide bonds. The molecule has 1 aliphatic heterocycles. The number of H-pyrrole nitrogens is 1. The van der Waals surface area contributed by atoms with Crippen molar-refractivity contribution in [1.29, 1.82) is 0 Å². The first-order valence-electron chi connectivity index (χ1n) is 9.57. The molecule has 0 bridgehead atoms. The monoisotopic (exact) mass is 392 g/mol. The van der Waals surface area contributed by atoms with Gasteiger partial charge in [-0.3, -0.25) is 4.79 Å². The number of amides is 1. The van der Waals surface area contributed by atoms with Gasteiger partial charge >= 0.3 is 0 Å². The number of tetrazole rings is 1. The maximum absolute atomic E-state index is 13.4. The highest BCUT2D eigenvalue weighted by Gasteiger charge is 2.45. The first kappa shape index (κ1) is 19.2. The van der Waals surface area contributed by atoms with Gasteiger partial charge in [0.25, 0.3) is 5.91 Å². The van der Waals surface area contributed by atoms with Crippen molar-refractivity contribution in [3.8, 4) is 11.4 Å². The Balaban J connectivity index is 1.63. The van der Waals surface area contributed by atoms with Crippen LogP contribution in [0.2, 0.25) is 0 Å². The Morgan fingerprint density at radius 2 is 1.90 bits per heavy atom. The van der Waals surface area contributed by atoms with Crippen LogP contribution in [0.4, 0.5) is 0 Å². The second-order valence-corrected chi connectivity index (χ2v) is 7.55. The van der Waals surface area contributed by atoms with Gasteiger partial charge in [0.1, 0.15) is 5.60 Å². The summed E-state index contributed by atoms with van der Waals surface area (Å²) in [4.78, 5) is 17.1. The first-order chi connectivity index (χ1) is 14.0. The summed E-state index contributed by atoms with van der Waals surface area (Å²) in [5.41, 5.74) is 1.01. The predicted molar refractivity (Wildman–Crippen MR) is 108 cm³/mol. The molecule has 2 atom stereocenters. The molecule has 2 heterocycles. The number of piperidine rings is 1. The summed E-state index contributed by atoms with van der Waals surface area (Å²) >= 11 is 0. The molecule has 2 N–H and O–H groups in total. The molecular formula is C21H24N6O2. The number of aromatic nitrogens is 4. The lowest BCUT2D eigenvalue weighted by atomic mass is 9.79. The number of rotatable bonds is 4. The molecule has 29 heavy (non-hydrogen) atoms. The highest BCUT2D eigenvalue weighted by atomic mass is 16.3. The standard InChI is InChI=1S/C21H24N6O2/c1-26(2)18-14-27(13-12-21(18,29)15-8-4-3-5-9-15)20(28)17-11-7-6-10-16(17)19-22-24-25-23-19/h3-11,18,29H,12-14H2,1-2H3,(H,22,23,24,25)/t18-,21+/m1/s1. The molecule has 0 unspecified atom stereocenters. The summed E-state index contributed by atoms with van der Waals surface area (Å²) in [7, 11) is 3.86. The Labute approximate surface area is 169 Å². The van der Waals surface area contributed by atoms with Crippen LogP contribution >= 0.6 is 0 Å². The van der Waals surface area contributed by atoms with Gasteiger partial charge in [-0.1, -0.05) is 48.5 Å². The van der Waals surface area contributed by atoms with Crippen LogP contribution in [0.5, 0.6) is 0 Å². The molecule has 3 aromatic rings. The van der Waals surface area contributed by atoms with Gasteiger partial charge in [0, 0.05) is 18.7 Å². The molecule has 1 saturated heterocycles. The number of hydrogen-bond donors (Lipinski definition) is 2. The van der Waals surface area contributed by atoms with E-state index in [4.69, 9.17) is 0 Å². The predicted octanol–water partition coefficient (Wildman–Crippen LogP) is 1.53. The Morgan fingerprint density at radius 3 is 2.59 bits per heavy atom. The van der Waals surface area contributed by atoms with Crippen LogP contribution in [0.25, 0.3) is 11.4 Å². The van der Waals surface area contributed by atoms with Crippen molar-refractivity contribution >= 4 is 5.91 Å². The number of aliphatic hydroxyl groups is 1. The van der Waals surface area contributed by atoms with Crippen LogP contribution in [0.3, 0.4) is 0 Å². The minimum Gasteiger partial charge on any atom is -0.383 e. The Bertz CT molecular complexity index is 976. The van der Waals surface area contributed by atoms with Crippen LogP contribution < -0.4 is 0 Å². The van der Waals surface area contributed by atoms with Gasteiger partial charge in [-0.2, -0.15) is 5.21 Å². The first-order valence-corrected chi connectivity index (χ1v) is 9.57. The quantitative estimate of drug-likeness (QED) is 0.699. The lowest BCUT2D eigenvalue weighted by Crippen LogP contribution is -2.60. The van der Waals surface area contributed by atoms with E-state index < -0.39 is 5.60 Å². The van der Waals surface area contributed by atoms with Crippen molar-refractivity contribution in [3.63, 3.8) is 0 Å². The largest absolute Gasteiger partial charge is 0.383 e. The number of aromatic amines is 1. The third kappa shape index (κ3) is 3.52. The number of carbonyl (C=O) groups is 1. The van der Waals surface area contributed by atoms with Crippen LogP contribution in [0, 0.1) is 0 Å². The highest BCUT2D eigenvalue weighted by molar-refractivity contribution is 6.00. The van der Waals surface area contributed by atoms with Gasteiger partial charge in [-0.05, 0) is 37.4 Å². The van der Waals surface area contributed by atoms with Crippen molar-refractivity contribution in [2.45, 2.75) is 18.1 Å². The minimum atomic E-state index is -1.02. The second kappa shape index (κ2) is 7.73. The molecule has 0 aliphatic carbocycles. The second-order valence-electron chi connectivity index (χ2n) is 7.55. The zero-order valence-corrected chi connectivity index (χ0v) is 16.5. The van der Waals surface area contributed by atoms with E-state index in [0.717, 1.165) is 5.56 Å². The number of likely N-dealkylation sites (N-methyl/N-ethyl adjacent to an activating group) is 1. The number of carbonyl (C=O) groups excluding carboxylic acids is 1. The van der Waals surface area contributed by atoms with Gasteiger partial charge in [0.15, 0.2) is 0 Å². The SMILES string of the molecule is CN(C)[C@@H]1CN(C(=O)c2ccccc2-c2nn[nH]n2)CC[C@]1(O)c1ccccc1. The molecule has 150 valence electrons. The van der Waals surface area contributed by atoms with Crippen LogP contribution in [0.15, 0.2) is 54.6 Å². The van der Waals surface area contributed by atoms with Crippen molar-refractivity contribution in [2.24, 2.45) is 0 Å². The molecular weight excluding hydrogens is 368 g/mol. The fourth-order valence-corrected chi connectivity index (χ4v) is 4.07. The molecule has 8 nitrogen and oxygen atoms in total. The molecule has 1 fully saturated rings. The fourth-order valence-electron chi connectivity index (χ4n) is 4.07. The van der Waals surface area contributed by atoms with E-state index in [9.17, 15) is 9.90 Å². The van der Waals surface area contributed by atoms with Crippen LogP contribution in [-0.2, 0) is 5.60 Å². The van der Waals surface area contributed by atoms with Gasteiger partial charge in [-0.25, -0.2) is 0 Å². The van der Waals surface area contributed by atoms with Gasteiger partial charge in [0.2, 0.25) is 5.82 Å². The van der Waals surface area contributed by atoms with Gasteiger partial charge in [0.05, 0.1) is 11.6 Å². The molecule has 2 aromatic carbocycles. The average Bonchev–Trinajstić information content (AvgIpc) is 3.29. The summed E-state index contributed by atoms with van der Waals surface area (Å²) in [6, 6.07) is 16.7. The Kier molecular flexibility index (Phi) is 5.12. The number of hydrogen-bond acceptors (Lipinski definition) is 6. The van der Waals surface area contributed by atoms with E-state index in [1.54, 1.807) is 11.0 Å². The molecule has 4 rings (SSSR count). The van der Waals surface area contributed by atoms with Crippen molar-refractivity contribution in [3.05, 3.63) is 65.7 Å². The Morgan fingerprint density at radius 1 is 1.17 bits per heavy atom. The lowest BCUT2D eigenvalue weighted by molar-refractivity contribution is -0.0810. The number of nitrogens with one attached hydrogen (secondary N) is 1. The topological polar surface area (TPSA) is 98.2 Å². The van der Waals surface area contributed by atoms with Crippen LogP contribution in [-0.4, -0.2) is 74.7 Å². The summed E-state index contributed by atoms with van der Waals surface area (Å²) < 4.78 is 0. The number of benzene rings is 2. The molecule has 1 aliphatic rings. The summed E-state index contributed by atoms with van der Waals surface area (Å²) in [5.74, 6) is 0.281.